The minimum absolute atomic E-state index is 0.0989. The number of ether oxygens (including phenoxy) is 2. The Bertz CT molecular complexity index is 246. The van der Waals surface area contributed by atoms with Crippen molar-refractivity contribution in [1.29, 1.82) is 0 Å². The number of hydrogen-bond donors (Lipinski definition) is 1. The van der Waals surface area contributed by atoms with Gasteiger partial charge in [-0.25, -0.2) is 0 Å². The molecule has 0 aliphatic rings. The van der Waals surface area contributed by atoms with E-state index < -0.39 is 0 Å². The van der Waals surface area contributed by atoms with Gasteiger partial charge in [-0.05, 0) is 12.8 Å². The van der Waals surface area contributed by atoms with E-state index in [1.807, 2.05) is 0 Å². The summed E-state index contributed by atoms with van der Waals surface area (Å²) in [7, 11) is 3.23. The minimum atomic E-state index is -0.140. The quantitative estimate of drug-likeness (QED) is 0.562. The summed E-state index contributed by atoms with van der Waals surface area (Å²) in [5, 5.41) is 2.75. The van der Waals surface area contributed by atoms with Crippen LogP contribution in [0.15, 0.2) is 0 Å². The van der Waals surface area contributed by atoms with Crippen molar-refractivity contribution in [2.75, 3.05) is 47.1 Å². The van der Waals surface area contributed by atoms with E-state index in [2.05, 4.69) is 5.32 Å². The SMILES string of the molecule is COCCCNC(=O)CN(CCCOC)C(C)=O. The van der Waals surface area contributed by atoms with Gasteiger partial charge in [0.1, 0.15) is 0 Å². The normalized spacial score (nSPS) is 10.2. The number of carbonyl (C=O) groups is 2. The Morgan fingerprint density at radius 2 is 1.72 bits per heavy atom. The Labute approximate surface area is 109 Å². The summed E-state index contributed by atoms with van der Waals surface area (Å²) in [5.74, 6) is -0.239. The second-order valence-electron chi connectivity index (χ2n) is 3.98. The lowest BCUT2D eigenvalue weighted by Crippen LogP contribution is -2.40. The molecular weight excluding hydrogens is 236 g/mol. The Morgan fingerprint density at radius 3 is 2.28 bits per heavy atom. The number of carbonyl (C=O) groups excluding carboxylic acids is 2. The topological polar surface area (TPSA) is 67.9 Å². The molecule has 0 rings (SSSR count). The fourth-order valence-electron chi connectivity index (χ4n) is 1.42. The summed E-state index contributed by atoms with van der Waals surface area (Å²) < 4.78 is 9.80. The molecule has 6 nitrogen and oxygen atoms in total. The second kappa shape index (κ2) is 11.0. The first-order valence-electron chi connectivity index (χ1n) is 6.12. The van der Waals surface area contributed by atoms with E-state index in [-0.39, 0.29) is 18.4 Å². The molecule has 0 fully saturated rings. The highest BCUT2D eigenvalue weighted by Gasteiger charge is 2.12. The number of nitrogens with zero attached hydrogens (tertiary/aromatic N) is 1. The molecule has 0 saturated heterocycles. The van der Waals surface area contributed by atoms with E-state index >= 15 is 0 Å². The molecule has 0 radical (unpaired) electrons. The highest BCUT2D eigenvalue weighted by atomic mass is 16.5. The van der Waals surface area contributed by atoms with Gasteiger partial charge in [0, 0.05) is 47.4 Å². The van der Waals surface area contributed by atoms with Crippen molar-refractivity contribution >= 4 is 11.8 Å². The highest BCUT2D eigenvalue weighted by molar-refractivity contribution is 5.83. The van der Waals surface area contributed by atoms with Gasteiger partial charge >= 0.3 is 0 Å². The van der Waals surface area contributed by atoms with Gasteiger partial charge in [0.2, 0.25) is 11.8 Å². The van der Waals surface area contributed by atoms with Gasteiger partial charge in [-0.3, -0.25) is 9.59 Å². The molecule has 0 saturated carbocycles. The Hall–Kier alpha value is -1.14. The van der Waals surface area contributed by atoms with Gasteiger partial charge in [0.25, 0.3) is 0 Å². The average Bonchev–Trinajstić information content (AvgIpc) is 2.33. The third-order valence-corrected chi connectivity index (χ3v) is 2.40. The zero-order valence-corrected chi connectivity index (χ0v) is 11.5. The van der Waals surface area contributed by atoms with Crippen LogP contribution in [0.5, 0.6) is 0 Å². The first-order valence-corrected chi connectivity index (χ1v) is 6.12. The molecule has 0 unspecified atom stereocenters. The van der Waals surface area contributed by atoms with Crippen molar-refractivity contribution in [3.05, 3.63) is 0 Å². The molecule has 18 heavy (non-hydrogen) atoms. The van der Waals surface area contributed by atoms with Crippen LogP contribution in [0.2, 0.25) is 0 Å². The van der Waals surface area contributed by atoms with E-state index in [0.29, 0.717) is 26.3 Å². The second-order valence-corrected chi connectivity index (χ2v) is 3.98. The van der Waals surface area contributed by atoms with Crippen molar-refractivity contribution in [1.82, 2.24) is 10.2 Å². The summed E-state index contributed by atoms with van der Waals surface area (Å²) in [6.45, 7) is 3.87. The number of hydrogen-bond acceptors (Lipinski definition) is 4. The van der Waals surface area contributed by atoms with Gasteiger partial charge in [-0.2, -0.15) is 0 Å². The molecule has 106 valence electrons. The Kier molecular flexibility index (Phi) is 10.3. The summed E-state index contributed by atoms with van der Waals surface area (Å²) in [4.78, 5) is 24.4. The predicted octanol–water partition coefficient (Wildman–Crippen LogP) is 0.0241. The maximum absolute atomic E-state index is 11.6. The van der Waals surface area contributed by atoms with Crippen LogP contribution in [0.3, 0.4) is 0 Å². The van der Waals surface area contributed by atoms with Crippen LogP contribution in [0.25, 0.3) is 0 Å². The lowest BCUT2D eigenvalue weighted by molar-refractivity contribution is -0.134. The van der Waals surface area contributed by atoms with Gasteiger partial charge in [0.05, 0.1) is 6.54 Å². The van der Waals surface area contributed by atoms with Gasteiger partial charge in [0.15, 0.2) is 0 Å². The minimum Gasteiger partial charge on any atom is -0.385 e. The molecule has 0 bridgehead atoms. The maximum atomic E-state index is 11.6. The third kappa shape index (κ3) is 8.95. The fourth-order valence-corrected chi connectivity index (χ4v) is 1.42. The Morgan fingerprint density at radius 1 is 1.11 bits per heavy atom. The van der Waals surface area contributed by atoms with Crippen LogP contribution in [0.4, 0.5) is 0 Å². The average molecular weight is 260 g/mol. The van der Waals surface area contributed by atoms with Crippen LogP contribution in [0, 0.1) is 0 Å². The van der Waals surface area contributed by atoms with E-state index in [1.54, 1.807) is 14.2 Å². The van der Waals surface area contributed by atoms with Crippen LogP contribution < -0.4 is 5.32 Å². The molecule has 2 amide bonds. The Balaban J connectivity index is 3.85. The lowest BCUT2D eigenvalue weighted by atomic mass is 10.3. The van der Waals surface area contributed by atoms with Crippen LogP contribution in [-0.4, -0.2) is 63.8 Å². The number of rotatable bonds is 10. The van der Waals surface area contributed by atoms with Crippen LogP contribution in [-0.2, 0) is 19.1 Å². The largest absolute Gasteiger partial charge is 0.385 e. The zero-order chi connectivity index (χ0) is 13.8. The van der Waals surface area contributed by atoms with E-state index in [9.17, 15) is 9.59 Å². The molecule has 0 aromatic rings. The van der Waals surface area contributed by atoms with Crippen molar-refractivity contribution in [2.24, 2.45) is 0 Å². The number of methoxy groups -OCH3 is 2. The molecule has 0 atom stereocenters. The summed E-state index contributed by atoms with van der Waals surface area (Å²) in [5.41, 5.74) is 0. The van der Waals surface area contributed by atoms with E-state index in [4.69, 9.17) is 9.47 Å². The molecule has 0 aromatic heterocycles. The predicted molar refractivity (Wildman–Crippen MR) is 68.2 cm³/mol. The van der Waals surface area contributed by atoms with E-state index in [0.717, 1.165) is 12.8 Å². The summed E-state index contributed by atoms with van der Waals surface area (Å²) >= 11 is 0. The molecule has 0 aromatic carbocycles. The number of amides is 2. The van der Waals surface area contributed by atoms with Crippen molar-refractivity contribution < 1.29 is 19.1 Å². The van der Waals surface area contributed by atoms with Crippen LogP contribution >= 0.6 is 0 Å². The highest BCUT2D eigenvalue weighted by Crippen LogP contribution is 1.93. The molecule has 0 heterocycles. The van der Waals surface area contributed by atoms with Crippen LogP contribution in [0.1, 0.15) is 19.8 Å². The monoisotopic (exact) mass is 260 g/mol. The standard InChI is InChI=1S/C12H24N2O4/c1-11(15)14(7-5-9-18-3)10-12(16)13-6-4-8-17-2/h4-10H2,1-3H3,(H,13,16). The summed E-state index contributed by atoms with van der Waals surface area (Å²) in [6.07, 6.45) is 1.50. The third-order valence-electron chi connectivity index (χ3n) is 2.40. The fraction of sp³-hybridized carbons (Fsp3) is 0.833. The zero-order valence-electron chi connectivity index (χ0n) is 11.5. The molecule has 1 N–H and O–H groups in total. The first kappa shape index (κ1) is 16.9. The first-order chi connectivity index (χ1) is 8.61. The molecule has 0 spiro atoms. The van der Waals surface area contributed by atoms with Gasteiger partial charge < -0.3 is 19.7 Å². The van der Waals surface area contributed by atoms with Gasteiger partial charge in [-0.15, -0.1) is 0 Å². The molecular formula is C12H24N2O4. The van der Waals surface area contributed by atoms with Crippen molar-refractivity contribution in [3.8, 4) is 0 Å². The lowest BCUT2D eigenvalue weighted by Gasteiger charge is -2.20. The maximum Gasteiger partial charge on any atom is 0.239 e. The van der Waals surface area contributed by atoms with Crippen molar-refractivity contribution in [2.45, 2.75) is 19.8 Å². The van der Waals surface area contributed by atoms with Crippen molar-refractivity contribution in [3.63, 3.8) is 0 Å². The number of nitrogens with one attached hydrogen (secondary N) is 1. The van der Waals surface area contributed by atoms with Gasteiger partial charge in [-0.1, -0.05) is 0 Å². The molecule has 6 heteroatoms. The summed E-state index contributed by atoms with van der Waals surface area (Å²) in [6, 6.07) is 0. The molecule has 0 aliphatic carbocycles. The molecule has 0 aliphatic heterocycles. The smallest absolute Gasteiger partial charge is 0.239 e. The van der Waals surface area contributed by atoms with E-state index in [1.165, 1.54) is 11.8 Å².